The molecule has 4 nitrogen and oxygen atoms in total. The number of amides is 1. The molecule has 1 rings (SSSR count). The first-order valence-electron chi connectivity index (χ1n) is 7.06. The number of piperidine rings is 1. The molecular weight excluding hydrogens is 226 g/mol. The van der Waals surface area contributed by atoms with Gasteiger partial charge in [-0.15, -0.1) is 0 Å². The standard InChI is InChI=1S/C14H29N3O/c1-5-11(15)12(14(2,3)4)17-8-6-7-10(9-17)13(16)18/h10-12H,5-9,15H2,1-4H3,(H2,16,18). The summed E-state index contributed by atoms with van der Waals surface area (Å²) in [7, 11) is 0. The van der Waals surface area contributed by atoms with E-state index in [0.717, 1.165) is 32.4 Å². The molecule has 4 heteroatoms. The maximum absolute atomic E-state index is 11.4. The molecule has 0 aromatic heterocycles. The normalized spacial score (nSPS) is 25.7. The molecule has 106 valence electrons. The summed E-state index contributed by atoms with van der Waals surface area (Å²) in [5.41, 5.74) is 11.9. The van der Waals surface area contributed by atoms with Crippen LogP contribution >= 0.6 is 0 Å². The van der Waals surface area contributed by atoms with Crippen LogP contribution in [0.1, 0.15) is 47.0 Å². The monoisotopic (exact) mass is 255 g/mol. The van der Waals surface area contributed by atoms with Gasteiger partial charge in [-0.05, 0) is 31.2 Å². The van der Waals surface area contributed by atoms with Crippen LogP contribution in [0, 0.1) is 11.3 Å². The van der Waals surface area contributed by atoms with Gasteiger partial charge in [0.15, 0.2) is 0 Å². The third kappa shape index (κ3) is 3.69. The number of hydrogen-bond donors (Lipinski definition) is 2. The van der Waals surface area contributed by atoms with E-state index in [-0.39, 0.29) is 23.3 Å². The molecule has 0 aliphatic carbocycles. The van der Waals surface area contributed by atoms with Crippen LogP contribution in [0.15, 0.2) is 0 Å². The molecule has 0 aromatic rings. The van der Waals surface area contributed by atoms with Crippen molar-refractivity contribution in [2.24, 2.45) is 22.8 Å². The van der Waals surface area contributed by atoms with Gasteiger partial charge in [0.2, 0.25) is 5.91 Å². The highest BCUT2D eigenvalue weighted by atomic mass is 16.1. The van der Waals surface area contributed by atoms with Crippen molar-refractivity contribution in [1.29, 1.82) is 0 Å². The number of hydrogen-bond acceptors (Lipinski definition) is 3. The van der Waals surface area contributed by atoms with Crippen LogP contribution in [0.2, 0.25) is 0 Å². The topological polar surface area (TPSA) is 72.3 Å². The molecule has 4 N–H and O–H groups in total. The van der Waals surface area contributed by atoms with Gasteiger partial charge in [-0.25, -0.2) is 0 Å². The van der Waals surface area contributed by atoms with E-state index in [4.69, 9.17) is 11.5 Å². The molecule has 18 heavy (non-hydrogen) atoms. The molecule has 1 aliphatic heterocycles. The lowest BCUT2D eigenvalue weighted by atomic mass is 9.79. The molecule has 3 atom stereocenters. The molecule has 0 bridgehead atoms. The number of primary amides is 1. The number of rotatable bonds is 4. The smallest absolute Gasteiger partial charge is 0.221 e. The van der Waals surface area contributed by atoms with E-state index in [1.165, 1.54) is 0 Å². The Hall–Kier alpha value is -0.610. The van der Waals surface area contributed by atoms with E-state index in [1.807, 2.05) is 0 Å². The SMILES string of the molecule is CCC(N)C(N1CCCC(C(N)=O)C1)C(C)(C)C. The van der Waals surface area contributed by atoms with E-state index in [9.17, 15) is 4.79 Å². The van der Waals surface area contributed by atoms with Gasteiger partial charge in [-0.2, -0.15) is 0 Å². The van der Waals surface area contributed by atoms with Crippen molar-refractivity contribution in [3.05, 3.63) is 0 Å². The third-order valence-corrected chi connectivity index (χ3v) is 4.01. The zero-order valence-electron chi connectivity index (χ0n) is 12.3. The highest BCUT2D eigenvalue weighted by Gasteiger charge is 2.37. The average Bonchev–Trinajstić information content (AvgIpc) is 2.27. The highest BCUT2D eigenvalue weighted by Crippen LogP contribution is 2.31. The minimum absolute atomic E-state index is 0.00680. The molecule has 0 aromatic carbocycles. The van der Waals surface area contributed by atoms with Gasteiger partial charge in [-0.3, -0.25) is 9.69 Å². The van der Waals surface area contributed by atoms with E-state index in [1.54, 1.807) is 0 Å². The molecule has 1 saturated heterocycles. The second kappa shape index (κ2) is 6.02. The Kier molecular flexibility index (Phi) is 5.17. The maximum Gasteiger partial charge on any atom is 0.221 e. The average molecular weight is 255 g/mol. The van der Waals surface area contributed by atoms with Crippen molar-refractivity contribution in [1.82, 2.24) is 4.90 Å². The van der Waals surface area contributed by atoms with E-state index >= 15 is 0 Å². The van der Waals surface area contributed by atoms with Crippen molar-refractivity contribution in [2.45, 2.75) is 59.0 Å². The first kappa shape index (κ1) is 15.4. The number of carbonyl (C=O) groups excluding carboxylic acids is 1. The van der Waals surface area contributed by atoms with Gasteiger partial charge >= 0.3 is 0 Å². The van der Waals surface area contributed by atoms with Crippen LogP contribution in [0.25, 0.3) is 0 Å². The molecule has 1 heterocycles. The van der Waals surface area contributed by atoms with Crippen molar-refractivity contribution in [3.8, 4) is 0 Å². The number of nitrogens with zero attached hydrogens (tertiary/aromatic N) is 1. The van der Waals surface area contributed by atoms with Crippen LogP contribution in [0.5, 0.6) is 0 Å². The summed E-state index contributed by atoms with van der Waals surface area (Å²) in [5, 5.41) is 0. The Labute approximate surface area is 111 Å². The largest absolute Gasteiger partial charge is 0.369 e. The lowest BCUT2D eigenvalue weighted by Crippen LogP contribution is -2.58. The zero-order valence-corrected chi connectivity index (χ0v) is 12.3. The molecule has 1 amide bonds. The van der Waals surface area contributed by atoms with Gasteiger partial charge in [0.25, 0.3) is 0 Å². The molecule has 0 radical (unpaired) electrons. The van der Waals surface area contributed by atoms with Gasteiger partial charge in [0.05, 0.1) is 5.92 Å². The highest BCUT2D eigenvalue weighted by molar-refractivity contribution is 5.76. The second-order valence-corrected chi connectivity index (χ2v) is 6.62. The van der Waals surface area contributed by atoms with Crippen molar-refractivity contribution in [3.63, 3.8) is 0 Å². The van der Waals surface area contributed by atoms with Crippen LogP contribution in [0.4, 0.5) is 0 Å². The first-order valence-corrected chi connectivity index (χ1v) is 7.06. The lowest BCUT2D eigenvalue weighted by molar-refractivity contribution is -0.124. The van der Waals surface area contributed by atoms with E-state index in [2.05, 4.69) is 32.6 Å². The fourth-order valence-corrected chi connectivity index (χ4v) is 3.18. The number of likely N-dealkylation sites (tertiary alicyclic amines) is 1. The Morgan fingerprint density at radius 1 is 1.44 bits per heavy atom. The van der Waals surface area contributed by atoms with Gasteiger partial charge in [0.1, 0.15) is 0 Å². The summed E-state index contributed by atoms with van der Waals surface area (Å²) in [6.45, 7) is 10.6. The van der Waals surface area contributed by atoms with Gasteiger partial charge < -0.3 is 11.5 Å². The summed E-state index contributed by atoms with van der Waals surface area (Å²) < 4.78 is 0. The van der Waals surface area contributed by atoms with Crippen molar-refractivity contribution >= 4 is 5.91 Å². The molecule has 0 spiro atoms. The minimum atomic E-state index is -0.169. The molecule has 1 aliphatic rings. The Morgan fingerprint density at radius 3 is 2.50 bits per heavy atom. The summed E-state index contributed by atoms with van der Waals surface area (Å²) >= 11 is 0. The van der Waals surface area contributed by atoms with Crippen molar-refractivity contribution in [2.75, 3.05) is 13.1 Å². The fraction of sp³-hybridized carbons (Fsp3) is 0.929. The van der Waals surface area contributed by atoms with E-state index in [0.29, 0.717) is 6.04 Å². The van der Waals surface area contributed by atoms with Gasteiger partial charge in [0, 0.05) is 18.6 Å². The zero-order chi connectivity index (χ0) is 13.9. The van der Waals surface area contributed by atoms with Crippen molar-refractivity contribution < 1.29 is 4.79 Å². The minimum Gasteiger partial charge on any atom is -0.369 e. The Balaban J connectivity index is 2.82. The summed E-state index contributed by atoms with van der Waals surface area (Å²) in [5.74, 6) is -0.176. The molecule has 1 fully saturated rings. The lowest BCUT2D eigenvalue weighted by Gasteiger charge is -2.46. The summed E-state index contributed by atoms with van der Waals surface area (Å²) in [6, 6.07) is 0.460. The third-order valence-electron chi connectivity index (χ3n) is 4.01. The second-order valence-electron chi connectivity index (χ2n) is 6.62. The van der Waals surface area contributed by atoms with Crippen LogP contribution < -0.4 is 11.5 Å². The fourth-order valence-electron chi connectivity index (χ4n) is 3.18. The number of nitrogens with two attached hydrogens (primary N) is 2. The Bertz CT molecular complexity index is 285. The molecule has 0 saturated carbocycles. The summed E-state index contributed by atoms with van der Waals surface area (Å²) in [6.07, 6.45) is 2.92. The van der Waals surface area contributed by atoms with Crippen LogP contribution in [-0.2, 0) is 4.79 Å². The van der Waals surface area contributed by atoms with Crippen LogP contribution in [-0.4, -0.2) is 36.0 Å². The molecule has 3 unspecified atom stereocenters. The quantitative estimate of drug-likeness (QED) is 0.796. The Morgan fingerprint density at radius 2 is 2.06 bits per heavy atom. The predicted molar refractivity (Wildman–Crippen MR) is 75.0 cm³/mol. The summed E-state index contributed by atoms with van der Waals surface area (Å²) in [4.78, 5) is 13.8. The van der Waals surface area contributed by atoms with E-state index < -0.39 is 0 Å². The number of carbonyl (C=O) groups is 1. The maximum atomic E-state index is 11.4. The predicted octanol–water partition coefficient (Wildman–Crippen LogP) is 1.34. The molecular formula is C14H29N3O. The van der Waals surface area contributed by atoms with Gasteiger partial charge in [-0.1, -0.05) is 27.7 Å². The van der Waals surface area contributed by atoms with Crippen LogP contribution in [0.3, 0.4) is 0 Å². The first-order chi connectivity index (χ1) is 8.27.